The van der Waals surface area contributed by atoms with Crippen LogP contribution in [-0.4, -0.2) is 13.7 Å². The van der Waals surface area contributed by atoms with Gasteiger partial charge in [0.1, 0.15) is 5.82 Å². The SMILES string of the molecule is COC[C@H](N)c1cc(F)cc(F)c1F. The number of nitrogens with two attached hydrogens (primary N) is 1. The molecule has 0 spiro atoms. The van der Waals surface area contributed by atoms with Gasteiger partial charge in [0.2, 0.25) is 0 Å². The van der Waals surface area contributed by atoms with Gasteiger partial charge >= 0.3 is 0 Å². The van der Waals surface area contributed by atoms with E-state index in [0.29, 0.717) is 6.07 Å². The summed E-state index contributed by atoms with van der Waals surface area (Å²) in [4.78, 5) is 0. The minimum Gasteiger partial charge on any atom is -0.383 e. The van der Waals surface area contributed by atoms with Crippen molar-refractivity contribution in [1.82, 2.24) is 0 Å². The van der Waals surface area contributed by atoms with E-state index in [1.54, 1.807) is 0 Å². The van der Waals surface area contributed by atoms with Crippen molar-refractivity contribution in [3.05, 3.63) is 35.1 Å². The van der Waals surface area contributed by atoms with E-state index in [9.17, 15) is 13.2 Å². The molecule has 14 heavy (non-hydrogen) atoms. The lowest BCUT2D eigenvalue weighted by Gasteiger charge is -2.12. The number of ether oxygens (including phenoxy) is 1. The van der Waals surface area contributed by atoms with Crippen LogP contribution < -0.4 is 5.73 Å². The van der Waals surface area contributed by atoms with Crippen LogP contribution in [0.5, 0.6) is 0 Å². The first-order valence-corrected chi connectivity index (χ1v) is 3.95. The van der Waals surface area contributed by atoms with Crippen LogP contribution >= 0.6 is 0 Å². The Morgan fingerprint density at radius 3 is 2.57 bits per heavy atom. The Morgan fingerprint density at radius 1 is 1.36 bits per heavy atom. The maximum absolute atomic E-state index is 13.1. The fraction of sp³-hybridized carbons (Fsp3) is 0.333. The van der Waals surface area contributed by atoms with Gasteiger partial charge in [-0.05, 0) is 6.07 Å². The van der Waals surface area contributed by atoms with Crippen LogP contribution in [-0.2, 0) is 4.74 Å². The zero-order chi connectivity index (χ0) is 10.7. The largest absolute Gasteiger partial charge is 0.383 e. The molecule has 0 saturated carbocycles. The van der Waals surface area contributed by atoms with Gasteiger partial charge in [0, 0.05) is 18.7 Å². The summed E-state index contributed by atoms with van der Waals surface area (Å²) in [5, 5.41) is 0. The normalized spacial score (nSPS) is 12.9. The third-order valence-electron chi connectivity index (χ3n) is 1.77. The number of methoxy groups -OCH3 is 1. The summed E-state index contributed by atoms with van der Waals surface area (Å²) in [6.45, 7) is -0.000185. The molecule has 1 rings (SSSR count). The lowest BCUT2D eigenvalue weighted by atomic mass is 10.1. The molecule has 0 radical (unpaired) electrons. The third-order valence-corrected chi connectivity index (χ3v) is 1.77. The molecule has 1 aromatic carbocycles. The van der Waals surface area contributed by atoms with E-state index in [-0.39, 0.29) is 12.2 Å². The zero-order valence-corrected chi connectivity index (χ0v) is 7.56. The highest BCUT2D eigenvalue weighted by molar-refractivity contribution is 5.23. The number of hydrogen-bond donors (Lipinski definition) is 1. The van der Waals surface area contributed by atoms with Gasteiger partial charge in [-0.3, -0.25) is 0 Å². The summed E-state index contributed by atoms with van der Waals surface area (Å²) in [5.41, 5.74) is 5.23. The highest BCUT2D eigenvalue weighted by Crippen LogP contribution is 2.19. The summed E-state index contributed by atoms with van der Waals surface area (Å²) in [5.74, 6) is -3.23. The van der Waals surface area contributed by atoms with E-state index in [0.717, 1.165) is 6.07 Å². The van der Waals surface area contributed by atoms with Gasteiger partial charge in [-0.25, -0.2) is 13.2 Å². The lowest BCUT2D eigenvalue weighted by molar-refractivity contribution is 0.179. The van der Waals surface area contributed by atoms with Crippen molar-refractivity contribution in [2.75, 3.05) is 13.7 Å². The van der Waals surface area contributed by atoms with Crippen LogP contribution in [0.15, 0.2) is 12.1 Å². The van der Waals surface area contributed by atoms with Crippen molar-refractivity contribution in [2.24, 2.45) is 5.73 Å². The maximum Gasteiger partial charge on any atom is 0.163 e. The van der Waals surface area contributed by atoms with Crippen molar-refractivity contribution in [1.29, 1.82) is 0 Å². The van der Waals surface area contributed by atoms with E-state index >= 15 is 0 Å². The minimum absolute atomic E-state index is 0.000185. The molecule has 0 bridgehead atoms. The van der Waals surface area contributed by atoms with E-state index in [1.807, 2.05) is 0 Å². The van der Waals surface area contributed by atoms with Gasteiger partial charge in [-0.2, -0.15) is 0 Å². The highest BCUT2D eigenvalue weighted by atomic mass is 19.2. The van der Waals surface area contributed by atoms with Crippen LogP contribution in [0.25, 0.3) is 0 Å². The number of halogens is 3. The van der Waals surface area contributed by atoms with Crippen LogP contribution in [0.2, 0.25) is 0 Å². The molecule has 2 nitrogen and oxygen atoms in total. The van der Waals surface area contributed by atoms with Gasteiger partial charge < -0.3 is 10.5 Å². The zero-order valence-electron chi connectivity index (χ0n) is 7.56. The van der Waals surface area contributed by atoms with Crippen molar-refractivity contribution in [3.63, 3.8) is 0 Å². The molecule has 0 fully saturated rings. The summed E-state index contributed by atoms with van der Waals surface area (Å²) in [6.07, 6.45) is 0. The van der Waals surface area contributed by atoms with Gasteiger partial charge in [0.25, 0.3) is 0 Å². The fourth-order valence-electron chi connectivity index (χ4n) is 1.12. The molecule has 0 aliphatic heterocycles. The second-order valence-corrected chi connectivity index (χ2v) is 2.85. The van der Waals surface area contributed by atoms with Gasteiger partial charge in [0.15, 0.2) is 11.6 Å². The van der Waals surface area contributed by atoms with E-state index in [4.69, 9.17) is 5.73 Å². The first-order chi connectivity index (χ1) is 6.56. The van der Waals surface area contributed by atoms with Gasteiger partial charge in [0.05, 0.1) is 12.6 Å². The van der Waals surface area contributed by atoms with Crippen molar-refractivity contribution in [2.45, 2.75) is 6.04 Å². The van der Waals surface area contributed by atoms with Crippen LogP contribution in [0.4, 0.5) is 13.2 Å². The van der Waals surface area contributed by atoms with E-state index in [1.165, 1.54) is 7.11 Å². The van der Waals surface area contributed by atoms with Crippen molar-refractivity contribution < 1.29 is 17.9 Å². The second kappa shape index (κ2) is 4.43. The lowest BCUT2D eigenvalue weighted by Crippen LogP contribution is -2.18. The second-order valence-electron chi connectivity index (χ2n) is 2.85. The average Bonchev–Trinajstić information content (AvgIpc) is 2.11. The summed E-state index contributed by atoms with van der Waals surface area (Å²) >= 11 is 0. The standard InChI is InChI=1S/C9H10F3NO/c1-14-4-8(13)6-2-5(10)3-7(11)9(6)12/h2-3,8H,4,13H2,1H3/t8-/m0/s1. The van der Waals surface area contributed by atoms with Crippen molar-refractivity contribution in [3.8, 4) is 0 Å². The Labute approximate surface area is 79.5 Å². The smallest absolute Gasteiger partial charge is 0.163 e. The molecule has 0 aromatic heterocycles. The van der Waals surface area contributed by atoms with Gasteiger partial charge in [-0.15, -0.1) is 0 Å². The number of hydrogen-bond acceptors (Lipinski definition) is 2. The van der Waals surface area contributed by atoms with Crippen LogP contribution in [0.1, 0.15) is 11.6 Å². The highest BCUT2D eigenvalue weighted by Gasteiger charge is 2.16. The van der Waals surface area contributed by atoms with Crippen LogP contribution in [0.3, 0.4) is 0 Å². The number of rotatable bonds is 3. The minimum atomic E-state index is -1.24. The number of benzene rings is 1. The Hall–Kier alpha value is -1.07. The third kappa shape index (κ3) is 2.24. The molecule has 0 aliphatic rings. The molecule has 1 atom stereocenters. The van der Waals surface area contributed by atoms with E-state index in [2.05, 4.69) is 4.74 Å². The molecule has 0 heterocycles. The molecule has 0 unspecified atom stereocenters. The molecule has 78 valence electrons. The Balaban J connectivity index is 3.07. The molecule has 0 aliphatic carbocycles. The first-order valence-electron chi connectivity index (χ1n) is 3.95. The summed E-state index contributed by atoms with van der Waals surface area (Å²) in [7, 11) is 1.37. The van der Waals surface area contributed by atoms with Crippen LogP contribution in [0, 0.1) is 17.5 Å². The molecule has 0 saturated heterocycles. The Bertz CT molecular complexity index is 330. The summed E-state index contributed by atoms with van der Waals surface area (Å²) in [6, 6.07) is 0.464. The first kappa shape index (κ1) is 11.0. The molecule has 5 heteroatoms. The predicted octanol–water partition coefficient (Wildman–Crippen LogP) is 1.75. The van der Waals surface area contributed by atoms with Gasteiger partial charge in [-0.1, -0.05) is 0 Å². The predicted molar refractivity (Wildman–Crippen MR) is 45.1 cm³/mol. The molecule has 1 aromatic rings. The summed E-state index contributed by atoms with van der Waals surface area (Å²) < 4.78 is 43.2. The molecule has 0 amide bonds. The molecular weight excluding hydrogens is 195 g/mol. The monoisotopic (exact) mass is 205 g/mol. The average molecular weight is 205 g/mol. The fourth-order valence-corrected chi connectivity index (χ4v) is 1.12. The van der Waals surface area contributed by atoms with Crippen molar-refractivity contribution >= 4 is 0 Å². The Morgan fingerprint density at radius 2 is 2.00 bits per heavy atom. The van der Waals surface area contributed by atoms with E-state index < -0.39 is 23.5 Å². The topological polar surface area (TPSA) is 35.2 Å². The molecular formula is C9H10F3NO. The Kier molecular flexibility index (Phi) is 3.49. The quantitative estimate of drug-likeness (QED) is 0.763. The molecule has 2 N–H and O–H groups in total. The maximum atomic E-state index is 13.1.